The second-order valence-corrected chi connectivity index (χ2v) is 10.3. The van der Waals surface area contributed by atoms with Crippen molar-refractivity contribution in [2.75, 3.05) is 12.8 Å². The molecule has 0 unspecified atom stereocenters. The minimum absolute atomic E-state index is 0.0379. The summed E-state index contributed by atoms with van der Waals surface area (Å²) in [6.07, 6.45) is 4.72. The van der Waals surface area contributed by atoms with Crippen LogP contribution in [0.4, 0.5) is 4.79 Å². The molecule has 9 nitrogen and oxygen atoms in total. The molecule has 0 aliphatic heterocycles. The lowest BCUT2D eigenvalue weighted by Crippen LogP contribution is -2.39. The van der Waals surface area contributed by atoms with Gasteiger partial charge >= 0.3 is 12.0 Å². The molecule has 1 aromatic heterocycles. The highest BCUT2D eigenvalue weighted by Gasteiger charge is 2.23. The minimum Gasteiger partial charge on any atom is -0.476 e. The quantitative estimate of drug-likeness (QED) is 0.252. The van der Waals surface area contributed by atoms with Gasteiger partial charge in [0.2, 0.25) is 0 Å². The molecule has 0 saturated carbocycles. The highest BCUT2D eigenvalue weighted by atomic mass is 32.2. The van der Waals surface area contributed by atoms with Gasteiger partial charge in [0, 0.05) is 25.1 Å². The number of rotatable bonds is 11. The zero-order valence-electron chi connectivity index (χ0n) is 20.0. The molecule has 2 amide bonds. The summed E-state index contributed by atoms with van der Waals surface area (Å²) in [5.41, 5.74) is 2.06. The second-order valence-electron chi connectivity index (χ2n) is 7.82. The smallest absolute Gasteiger partial charge is 0.355 e. The predicted octanol–water partition coefficient (Wildman–Crippen LogP) is 4.14. The summed E-state index contributed by atoms with van der Waals surface area (Å²) in [6, 6.07) is 12.7. The van der Waals surface area contributed by atoms with Crippen molar-refractivity contribution in [2.45, 2.75) is 36.2 Å². The number of nitrogens with one attached hydrogen (secondary N) is 2. The van der Waals surface area contributed by atoms with E-state index in [-0.39, 0.29) is 17.1 Å². The van der Waals surface area contributed by atoms with Crippen molar-refractivity contribution in [3.8, 4) is 11.1 Å². The van der Waals surface area contributed by atoms with Crippen molar-refractivity contribution in [3.05, 3.63) is 78.3 Å². The number of aromatic nitrogens is 2. The fourth-order valence-corrected chi connectivity index (χ4v) is 5.45. The number of aryl methyl sites for hydroxylation is 1. The number of carboxylic acids is 1. The van der Waals surface area contributed by atoms with E-state index in [0.29, 0.717) is 34.9 Å². The molecule has 11 heteroatoms. The Morgan fingerprint density at radius 1 is 1.17 bits per heavy atom. The fraction of sp³-hybridized carbons (Fsp3) is 0.240. The summed E-state index contributed by atoms with van der Waals surface area (Å²) in [4.78, 5) is 28.4. The standard InChI is InChI=1S/C25H28N4O5S2/c1-4-8-21-27-23(35-3)22(24(30)31)29(21)16-17-11-13-18(14-12-17)19-9-6-7-10-20(19)36(33,34)28-25(32)26-15-5-2/h5-7,9-14H,2,4,8,15-16H2,1,3H3,(H,30,31)(H2,26,28,32). The van der Waals surface area contributed by atoms with Crippen LogP contribution in [0.3, 0.4) is 0 Å². The molecular formula is C25H28N4O5S2. The van der Waals surface area contributed by atoms with Crippen LogP contribution in [0.1, 0.15) is 35.2 Å². The van der Waals surface area contributed by atoms with E-state index in [0.717, 1.165) is 12.0 Å². The van der Waals surface area contributed by atoms with Crippen molar-refractivity contribution < 1.29 is 23.1 Å². The van der Waals surface area contributed by atoms with Gasteiger partial charge in [0.15, 0.2) is 5.69 Å². The summed E-state index contributed by atoms with van der Waals surface area (Å²) < 4.78 is 29.5. The number of carbonyl (C=O) groups excluding carboxylic acids is 1. The first kappa shape index (κ1) is 27.0. The van der Waals surface area contributed by atoms with E-state index >= 15 is 0 Å². The van der Waals surface area contributed by atoms with Gasteiger partial charge in [-0.3, -0.25) is 0 Å². The van der Waals surface area contributed by atoms with E-state index in [1.165, 1.54) is 23.9 Å². The normalized spacial score (nSPS) is 11.2. The maximum atomic E-state index is 12.9. The number of benzene rings is 2. The number of nitrogens with zero attached hydrogens (tertiary/aromatic N) is 2. The van der Waals surface area contributed by atoms with Gasteiger partial charge in [0.1, 0.15) is 10.9 Å². The number of sulfonamides is 1. The van der Waals surface area contributed by atoms with Crippen LogP contribution in [0.5, 0.6) is 0 Å². The van der Waals surface area contributed by atoms with Crippen LogP contribution in [0.15, 0.2) is 71.1 Å². The Balaban J connectivity index is 1.92. The Hall–Kier alpha value is -3.57. The first-order valence-corrected chi connectivity index (χ1v) is 13.9. The molecule has 0 bridgehead atoms. The zero-order valence-corrected chi connectivity index (χ0v) is 21.7. The Labute approximate surface area is 214 Å². The molecular weight excluding hydrogens is 500 g/mol. The number of imidazole rings is 1. The Morgan fingerprint density at radius 2 is 1.86 bits per heavy atom. The summed E-state index contributed by atoms with van der Waals surface area (Å²) in [5, 5.41) is 12.6. The molecule has 0 atom stereocenters. The molecule has 36 heavy (non-hydrogen) atoms. The van der Waals surface area contributed by atoms with E-state index in [1.54, 1.807) is 41.2 Å². The molecule has 2 aromatic carbocycles. The van der Waals surface area contributed by atoms with Crippen molar-refractivity contribution in [3.63, 3.8) is 0 Å². The number of thioether (sulfide) groups is 1. The van der Waals surface area contributed by atoms with Gasteiger partial charge in [-0.1, -0.05) is 55.5 Å². The van der Waals surface area contributed by atoms with E-state index in [4.69, 9.17) is 0 Å². The van der Waals surface area contributed by atoms with Crippen molar-refractivity contribution >= 4 is 33.8 Å². The highest BCUT2D eigenvalue weighted by Crippen LogP contribution is 2.28. The van der Waals surface area contributed by atoms with Gasteiger partial charge in [0.25, 0.3) is 10.0 Å². The Kier molecular flexibility index (Phi) is 8.94. The van der Waals surface area contributed by atoms with Crippen molar-refractivity contribution in [1.29, 1.82) is 0 Å². The third kappa shape index (κ3) is 6.16. The predicted molar refractivity (Wildman–Crippen MR) is 140 cm³/mol. The number of hydrogen-bond acceptors (Lipinski definition) is 6. The van der Waals surface area contributed by atoms with E-state index in [9.17, 15) is 23.1 Å². The lowest BCUT2D eigenvalue weighted by Gasteiger charge is -2.13. The summed E-state index contributed by atoms with van der Waals surface area (Å²) in [5.74, 6) is -0.324. The second kappa shape index (κ2) is 11.9. The molecule has 1 heterocycles. The van der Waals surface area contributed by atoms with Gasteiger partial charge in [-0.2, -0.15) is 0 Å². The van der Waals surface area contributed by atoms with Gasteiger partial charge in [-0.25, -0.2) is 27.7 Å². The average Bonchev–Trinajstić information content (AvgIpc) is 3.20. The molecule has 0 spiro atoms. The zero-order chi connectivity index (χ0) is 26.3. The first-order valence-electron chi connectivity index (χ1n) is 11.2. The average molecular weight is 529 g/mol. The number of aromatic carboxylic acids is 1. The van der Waals surface area contributed by atoms with Gasteiger partial charge < -0.3 is 15.0 Å². The number of hydrogen-bond donors (Lipinski definition) is 3. The maximum Gasteiger partial charge on any atom is 0.355 e. The molecule has 0 aliphatic rings. The summed E-state index contributed by atoms with van der Waals surface area (Å²) >= 11 is 1.30. The number of carbonyl (C=O) groups is 2. The van der Waals surface area contributed by atoms with Crippen LogP contribution in [0.25, 0.3) is 11.1 Å². The molecule has 3 aromatic rings. The van der Waals surface area contributed by atoms with Crippen LogP contribution in [-0.4, -0.2) is 47.9 Å². The third-order valence-electron chi connectivity index (χ3n) is 5.30. The Morgan fingerprint density at radius 3 is 2.47 bits per heavy atom. The van der Waals surface area contributed by atoms with Crippen LogP contribution in [0, 0.1) is 0 Å². The molecule has 3 rings (SSSR count). The molecule has 0 radical (unpaired) electrons. The molecule has 0 aliphatic carbocycles. The SMILES string of the molecule is C=CCNC(=O)NS(=O)(=O)c1ccccc1-c1ccc(Cn2c(CCC)nc(SC)c2C(=O)O)cc1. The van der Waals surface area contributed by atoms with E-state index in [1.807, 2.05) is 23.8 Å². The molecule has 190 valence electrons. The Bertz CT molecular complexity index is 1370. The van der Waals surface area contributed by atoms with Crippen LogP contribution in [0.2, 0.25) is 0 Å². The van der Waals surface area contributed by atoms with Crippen molar-refractivity contribution in [2.24, 2.45) is 0 Å². The fourth-order valence-electron chi connectivity index (χ4n) is 3.70. The summed E-state index contributed by atoms with van der Waals surface area (Å²) in [7, 11) is -4.13. The molecule has 0 saturated heterocycles. The van der Waals surface area contributed by atoms with E-state index < -0.39 is 22.0 Å². The number of carboxylic acid groups (broad SMARTS) is 1. The largest absolute Gasteiger partial charge is 0.476 e. The van der Waals surface area contributed by atoms with Crippen LogP contribution >= 0.6 is 11.8 Å². The van der Waals surface area contributed by atoms with Crippen molar-refractivity contribution in [1.82, 2.24) is 19.6 Å². The molecule has 0 fully saturated rings. The topological polar surface area (TPSA) is 130 Å². The lowest BCUT2D eigenvalue weighted by molar-refractivity contribution is 0.0681. The first-order chi connectivity index (χ1) is 17.2. The van der Waals surface area contributed by atoms with Gasteiger partial charge in [-0.15, -0.1) is 18.3 Å². The van der Waals surface area contributed by atoms with Crippen LogP contribution in [-0.2, 0) is 23.0 Å². The third-order valence-corrected chi connectivity index (χ3v) is 7.36. The van der Waals surface area contributed by atoms with Gasteiger partial charge in [0.05, 0.1) is 4.90 Å². The van der Waals surface area contributed by atoms with Crippen LogP contribution < -0.4 is 10.0 Å². The number of urea groups is 1. The van der Waals surface area contributed by atoms with E-state index in [2.05, 4.69) is 16.9 Å². The minimum atomic E-state index is -4.13. The maximum absolute atomic E-state index is 12.9. The molecule has 3 N–H and O–H groups in total. The monoisotopic (exact) mass is 528 g/mol. The summed E-state index contributed by atoms with van der Waals surface area (Å²) in [6.45, 7) is 5.93. The van der Waals surface area contributed by atoms with Gasteiger partial charge in [-0.05, 0) is 29.9 Å². The number of amides is 2. The lowest BCUT2D eigenvalue weighted by atomic mass is 10.0. The highest BCUT2D eigenvalue weighted by molar-refractivity contribution is 7.98.